The van der Waals surface area contributed by atoms with E-state index in [1.807, 2.05) is 0 Å². The van der Waals surface area contributed by atoms with E-state index >= 15 is 0 Å². The topological polar surface area (TPSA) is 3.24 Å². The molecule has 0 spiro atoms. The zero-order valence-electron chi connectivity index (χ0n) is 11.5. The van der Waals surface area contributed by atoms with Gasteiger partial charge in [-0.1, -0.05) is 0 Å². The number of hydrogen-bond acceptors (Lipinski definition) is 1. The summed E-state index contributed by atoms with van der Waals surface area (Å²) in [5, 5.41) is 0. The van der Waals surface area contributed by atoms with Crippen LogP contribution in [0.2, 0.25) is 37.0 Å². The summed E-state index contributed by atoms with van der Waals surface area (Å²) in [6.45, 7) is 12.1. The van der Waals surface area contributed by atoms with Crippen molar-refractivity contribution >= 4 is 26.5 Å². The standard InChI is InChI=1S/C9H18N.C4H11Si.Sn/c1-4-7-10(8-5-2)9-6-3;1-5(2,3)4;/h1-9H2;1H2,2-4H3;. The van der Waals surface area contributed by atoms with Crippen LogP contribution in [0.4, 0.5) is 0 Å². The molecule has 3 aliphatic rings. The van der Waals surface area contributed by atoms with Crippen molar-refractivity contribution in [2.24, 2.45) is 0 Å². The van der Waals surface area contributed by atoms with Gasteiger partial charge in [0.05, 0.1) is 0 Å². The Kier molecular flexibility index (Phi) is 4.45. The third-order valence-corrected chi connectivity index (χ3v) is 33.9. The van der Waals surface area contributed by atoms with Gasteiger partial charge in [-0.15, -0.1) is 0 Å². The summed E-state index contributed by atoms with van der Waals surface area (Å²) in [5.41, 5.74) is 0. The average Bonchev–Trinajstić information content (AvgIpc) is 2.04. The fraction of sp³-hybridized carbons (Fsp3) is 1.00. The van der Waals surface area contributed by atoms with Crippen LogP contribution < -0.4 is 0 Å². The van der Waals surface area contributed by atoms with E-state index in [1.54, 1.807) is 36.6 Å². The van der Waals surface area contributed by atoms with E-state index in [0.717, 1.165) is 0 Å². The Morgan fingerprint density at radius 2 is 1.31 bits per heavy atom. The van der Waals surface area contributed by atoms with Crippen LogP contribution in [0.15, 0.2) is 0 Å². The van der Waals surface area contributed by atoms with Crippen LogP contribution in [-0.2, 0) is 0 Å². The van der Waals surface area contributed by atoms with Crippen LogP contribution in [-0.4, -0.2) is 51.0 Å². The Morgan fingerprint density at radius 1 is 0.875 bits per heavy atom. The van der Waals surface area contributed by atoms with E-state index in [1.165, 1.54) is 19.6 Å². The number of fused-ring (bicyclic) bond motifs is 6. The molecule has 3 aliphatic heterocycles. The minimum absolute atomic E-state index is 0.796. The second kappa shape index (κ2) is 5.31. The van der Waals surface area contributed by atoms with E-state index in [2.05, 4.69) is 24.5 Å². The van der Waals surface area contributed by atoms with Crippen LogP contribution >= 0.6 is 0 Å². The molecular weight excluding hydrogens is 317 g/mol. The molecule has 0 aromatic carbocycles. The minimum atomic E-state index is -1.64. The van der Waals surface area contributed by atoms with Crippen molar-refractivity contribution in [2.45, 2.75) is 56.3 Å². The zero-order chi connectivity index (χ0) is 11.6. The van der Waals surface area contributed by atoms with E-state index in [4.69, 9.17) is 0 Å². The van der Waals surface area contributed by atoms with Gasteiger partial charge in [0.2, 0.25) is 0 Å². The Balaban J connectivity index is 2.08. The predicted octanol–water partition coefficient (Wildman–Crippen LogP) is 3.81. The molecule has 0 aromatic heterocycles. The molecule has 3 heteroatoms. The molecular formula is C13H29NSiSn. The molecule has 0 N–H and O–H groups in total. The molecule has 94 valence electrons. The molecule has 3 heterocycles. The van der Waals surface area contributed by atoms with Crippen LogP contribution in [0.3, 0.4) is 0 Å². The van der Waals surface area contributed by atoms with Crippen LogP contribution in [0.25, 0.3) is 0 Å². The summed E-state index contributed by atoms with van der Waals surface area (Å²) in [7, 11) is -0.796. The first-order chi connectivity index (χ1) is 7.49. The van der Waals surface area contributed by atoms with Crippen molar-refractivity contribution in [2.75, 3.05) is 19.6 Å². The third-order valence-electron chi connectivity index (χ3n) is 4.45. The molecule has 2 bridgehead atoms. The molecule has 0 saturated carbocycles. The second-order valence-corrected chi connectivity index (χ2v) is 28.7. The van der Waals surface area contributed by atoms with Crippen molar-refractivity contribution < 1.29 is 0 Å². The van der Waals surface area contributed by atoms with Crippen LogP contribution in [0, 0.1) is 0 Å². The fourth-order valence-corrected chi connectivity index (χ4v) is 40.6. The van der Waals surface area contributed by atoms with Gasteiger partial charge in [0.25, 0.3) is 0 Å². The van der Waals surface area contributed by atoms with E-state index in [9.17, 15) is 0 Å². The summed E-state index contributed by atoms with van der Waals surface area (Å²) in [4.78, 5) is 2.74. The van der Waals surface area contributed by atoms with Gasteiger partial charge in [-0.05, 0) is 0 Å². The van der Waals surface area contributed by atoms with Gasteiger partial charge in [-0.25, -0.2) is 0 Å². The van der Waals surface area contributed by atoms with Crippen molar-refractivity contribution in [1.29, 1.82) is 0 Å². The summed E-state index contributed by atoms with van der Waals surface area (Å²) in [5.74, 6) is 0. The average molecular weight is 346 g/mol. The third kappa shape index (κ3) is 3.74. The first kappa shape index (κ1) is 13.4. The van der Waals surface area contributed by atoms with Crippen molar-refractivity contribution in [3.63, 3.8) is 0 Å². The van der Waals surface area contributed by atoms with Gasteiger partial charge in [0.1, 0.15) is 0 Å². The van der Waals surface area contributed by atoms with Gasteiger partial charge in [0.15, 0.2) is 0 Å². The molecule has 0 aromatic rings. The number of nitrogens with zero attached hydrogens (tertiary/aromatic N) is 1. The van der Waals surface area contributed by atoms with Crippen LogP contribution in [0.1, 0.15) is 19.3 Å². The quantitative estimate of drug-likeness (QED) is 0.688. The summed E-state index contributed by atoms with van der Waals surface area (Å²) in [6.07, 6.45) is 4.67. The Labute approximate surface area is 107 Å². The monoisotopic (exact) mass is 347 g/mol. The Bertz CT molecular complexity index is 210. The van der Waals surface area contributed by atoms with Crippen molar-refractivity contribution in [1.82, 2.24) is 4.90 Å². The van der Waals surface area contributed by atoms with Gasteiger partial charge in [-0.2, -0.15) is 0 Å². The molecule has 3 fully saturated rings. The number of rotatable bonds is 2. The summed E-state index contributed by atoms with van der Waals surface area (Å²) < 4.78 is 6.99. The first-order valence-corrected chi connectivity index (χ1v) is 19.0. The molecule has 16 heavy (non-hydrogen) atoms. The number of hydrogen-bond donors (Lipinski definition) is 0. The van der Waals surface area contributed by atoms with E-state index in [0.29, 0.717) is 0 Å². The molecule has 3 saturated heterocycles. The molecule has 0 aliphatic carbocycles. The molecule has 0 atom stereocenters. The normalized spacial score (nSPS) is 36.6. The molecule has 0 amide bonds. The zero-order valence-corrected chi connectivity index (χ0v) is 15.4. The van der Waals surface area contributed by atoms with E-state index < -0.39 is 26.5 Å². The maximum atomic E-state index is 2.74. The molecule has 0 unspecified atom stereocenters. The second-order valence-electron chi connectivity index (χ2n) is 7.39. The van der Waals surface area contributed by atoms with Gasteiger partial charge < -0.3 is 0 Å². The fourth-order valence-electron chi connectivity index (χ4n) is 4.13. The summed E-state index contributed by atoms with van der Waals surface area (Å²) in [6, 6.07) is 0. The van der Waals surface area contributed by atoms with Crippen molar-refractivity contribution in [3.8, 4) is 0 Å². The first-order valence-electron chi connectivity index (χ1n) is 7.22. The summed E-state index contributed by atoms with van der Waals surface area (Å²) >= 11 is -1.64. The van der Waals surface area contributed by atoms with Crippen molar-refractivity contribution in [3.05, 3.63) is 0 Å². The van der Waals surface area contributed by atoms with Gasteiger partial charge in [0, 0.05) is 0 Å². The van der Waals surface area contributed by atoms with Crippen LogP contribution in [0.5, 0.6) is 0 Å². The molecule has 1 nitrogen and oxygen atoms in total. The molecule has 3 rings (SSSR count). The SMILES string of the molecule is C[Si](C)(C)[CH2][Sn]12[CH2]CCN(CC[CH2]1)CC[CH2]2. The Hall–Kier alpha value is 0.976. The predicted molar refractivity (Wildman–Crippen MR) is 78.6 cm³/mol. The Morgan fingerprint density at radius 3 is 1.69 bits per heavy atom. The molecule has 0 radical (unpaired) electrons. The van der Waals surface area contributed by atoms with E-state index in [-0.39, 0.29) is 0 Å². The maximum absolute atomic E-state index is 2.74. The van der Waals surface area contributed by atoms with Gasteiger partial charge in [-0.3, -0.25) is 0 Å². The van der Waals surface area contributed by atoms with Gasteiger partial charge >= 0.3 is 107 Å².